The van der Waals surface area contributed by atoms with Crippen molar-refractivity contribution in [3.05, 3.63) is 46.9 Å². The number of aliphatic carboxylic acids is 1. The predicted octanol–water partition coefficient (Wildman–Crippen LogP) is 3.37. The lowest BCUT2D eigenvalue weighted by molar-refractivity contribution is -0.140. The van der Waals surface area contributed by atoms with Crippen molar-refractivity contribution in [2.45, 2.75) is 65.3 Å². The Balaban J connectivity index is 2.11. The third-order valence-electron chi connectivity index (χ3n) is 6.59. The summed E-state index contributed by atoms with van der Waals surface area (Å²) in [5.74, 6) is -2.95. The van der Waals surface area contributed by atoms with Gasteiger partial charge in [0.1, 0.15) is 11.8 Å². The number of carboxylic acid groups (broad SMARTS) is 1. The number of hydrogen-bond acceptors (Lipinski definition) is 6. The Labute approximate surface area is 183 Å². The largest absolute Gasteiger partial charge is 0.505 e. The molecule has 0 bridgehead atoms. The van der Waals surface area contributed by atoms with Crippen LogP contribution in [0.25, 0.3) is 0 Å². The van der Waals surface area contributed by atoms with E-state index in [9.17, 15) is 19.5 Å². The highest BCUT2D eigenvalue weighted by atomic mass is 16.4. The highest BCUT2D eigenvalue weighted by molar-refractivity contribution is 6.48. The summed E-state index contributed by atoms with van der Waals surface area (Å²) in [5.41, 5.74) is 2.15. The normalized spacial score (nSPS) is 26.1. The van der Waals surface area contributed by atoms with Crippen molar-refractivity contribution >= 4 is 17.5 Å². The number of rotatable bonds is 9. The van der Waals surface area contributed by atoms with Crippen LogP contribution in [0, 0.1) is 11.3 Å². The van der Waals surface area contributed by atoms with E-state index in [-0.39, 0.29) is 23.1 Å². The van der Waals surface area contributed by atoms with E-state index in [0.29, 0.717) is 5.92 Å². The first-order chi connectivity index (χ1) is 14.5. The van der Waals surface area contributed by atoms with Crippen LogP contribution in [0.2, 0.25) is 0 Å². The fourth-order valence-corrected chi connectivity index (χ4v) is 4.22. The SMILES string of the molecule is C=C1C(C)CCCC1(C)CCC(C)=CCC1=C(O)C(NC(CO)C(=O)O)=CC(=O)C1=O. The van der Waals surface area contributed by atoms with Crippen molar-refractivity contribution in [3.63, 3.8) is 0 Å². The van der Waals surface area contributed by atoms with Crippen LogP contribution in [0.5, 0.6) is 0 Å². The average Bonchev–Trinajstić information content (AvgIpc) is 2.72. The second-order valence-electron chi connectivity index (χ2n) is 8.93. The lowest BCUT2D eigenvalue weighted by Gasteiger charge is -2.40. The molecular weight excluding hydrogens is 398 g/mol. The van der Waals surface area contributed by atoms with Gasteiger partial charge < -0.3 is 20.6 Å². The second kappa shape index (κ2) is 10.1. The lowest BCUT2D eigenvalue weighted by atomic mass is 9.65. The molecule has 0 amide bonds. The number of aliphatic hydroxyl groups excluding tert-OH is 2. The summed E-state index contributed by atoms with van der Waals surface area (Å²) in [6.07, 6.45) is 7.97. The molecule has 0 spiro atoms. The summed E-state index contributed by atoms with van der Waals surface area (Å²) in [7, 11) is 0. The van der Waals surface area contributed by atoms with Gasteiger partial charge in [0, 0.05) is 6.08 Å². The molecule has 1 fully saturated rings. The Kier molecular flexibility index (Phi) is 8.01. The van der Waals surface area contributed by atoms with Crippen LogP contribution in [0.15, 0.2) is 46.9 Å². The summed E-state index contributed by atoms with van der Waals surface area (Å²) in [6.45, 7) is 9.99. The fourth-order valence-electron chi connectivity index (χ4n) is 4.22. The number of aliphatic hydroxyl groups is 2. The molecule has 2 rings (SSSR count). The molecule has 3 atom stereocenters. The van der Waals surface area contributed by atoms with Gasteiger partial charge in [-0.2, -0.15) is 0 Å². The summed E-state index contributed by atoms with van der Waals surface area (Å²) in [6, 6.07) is -1.40. The number of allylic oxidation sites excluding steroid dienone is 5. The number of Topliss-reactive ketones (excluding diaryl/α,β-unsaturated/α-hetero) is 1. The smallest absolute Gasteiger partial charge is 0.328 e. The molecule has 3 unspecified atom stereocenters. The Hall–Kier alpha value is -2.67. The maximum Gasteiger partial charge on any atom is 0.328 e. The first-order valence-electron chi connectivity index (χ1n) is 10.7. The molecule has 0 aromatic heterocycles. The molecule has 0 heterocycles. The van der Waals surface area contributed by atoms with Crippen LogP contribution in [-0.4, -0.2) is 45.5 Å². The van der Waals surface area contributed by atoms with Crippen molar-refractivity contribution in [2.24, 2.45) is 11.3 Å². The van der Waals surface area contributed by atoms with Gasteiger partial charge in [0.2, 0.25) is 11.6 Å². The minimum absolute atomic E-state index is 0.0617. The van der Waals surface area contributed by atoms with Gasteiger partial charge in [-0.3, -0.25) is 9.59 Å². The van der Waals surface area contributed by atoms with E-state index in [2.05, 4.69) is 25.7 Å². The predicted molar refractivity (Wildman–Crippen MR) is 117 cm³/mol. The molecule has 170 valence electrons. The monoisotopic (exact) mass is 431 g/mol. The Morgan fingerprint density at radius 3 is 2.71 bits per heavy atom. The topological polar surface area (TPSA) is 124 Å². The Morgan fingerprint density at radius 1 is 1.42 bits per heavy atom. The van der Waals surface area contributed by atoms with Crippen LogP contribution in [0.3, 0.4) is 0 Å². The molecule has 7 nitrogen and oxygen atoms in total. The maximum atomic E-state index is 12.3. The minimum Gasteiger partial charge on any atom is -0.505 e. The van der Waals surface area contributed by atoms with Crippen molar-refractivity contribution in [3.8, 4) is 0 Å². The molecule has 2 aliphatic carbocycles. The highest BCUT2D eigenvalue weighted by Crippen LogP contribution is 2.46. The van der Waals surface area contributed by atoms with Crippen LogP contribution >= 0.6 is 0 Å². The zero-order valence-corrected chi connectivity index (χ0v) is 18.5. The molecule has 0 saturated heterocycles. The summed E-state index contributed by atoms with van der Waals surface area (Å²) < 4.78 is 0. The molecule has 0 aliphatic heterocycles. The van der Waals surface area contributed by atoms with Gasteiger partial charge in [0.15, 0.2) is 0 Å². The van der Waals surface area contributed by atoms with Crippen molar-refractivity contribution in [1.29, 1.82) is 0 Å². The zero-order chi connectivity index (χ0) is 23.3. The average molecular weight is 432 g/mol. The number of carboxylic acids is 1. The van der Waals surface area contributed by atoms with E-state index in [1.54, 1.807) is 0 Å². The van der Waals surface area contributed by atoms with Crippen molar-refractivity contribution in [2.75, 3.05) is 6.61 Å². The van der Waals surface area contributed by atoms with E-state index in [1.165, 1.54) is 18.4 Å². The highest BCUT2D eigenvalue weighted by Gasteiger charge is 2.34. The van der Waals surface area contributed by atoms with E-state index in [4.69, 9.17) is 10.2 Å². The minimum atomic E-state index is -1.40. The second-order valence-corrected chi connectivity index (χ2v) is 8.93. The van der Waals surface area contributed by atoms with Crippen molar-refractivity contribution in [1.82, 2.24) is 5.32 Å². The molecule has 1 saturated carbocycles. The van der Waals surface area contributed by atoms with Crippen LogP contribution in [0.4, 0.5) is 0 Å². The first kappa shape index (κ1) is 24.6. The number of nitrogens with one attached hydrogen (secondary N) is 1. The third kappa shape index (κ3) is 5.73. The van der Waals surface area contributed by atoms with Gasteiger partial charge in [-0.05, 0) is 50.4 Å². The maximum absolute atomic E-state index is 12.3. The number of hydrogen-bond donors (Lipinski definition) is 4. The van der Waals surface area contributed by atoms with E-state index in [0.717, 1.165) is 30.9 Å². The fraction of sp³-hybridized carbons (Fsp3) is 0.542. The molecule has 31 heavy (non-hydrogen) atoms. The van der Waals surface area contributed by atoms with Gasteiger partial charge in [-0.1, -0.05) is 44.1 Å². The van der Waals surface area contributed by atoms with Gasteiger partial charge in [-0.15, -0.1) is 0 Å². The number of carbonyl (C=O) groups excluding carboxylic acids is 2. The van der Waals surface area contributed by atoms with E-state index < -0.39 is 35.9 Å². The van der Waals surface area contributed by atoms with E-state index in [1.807, 2.05) is 13.0 Å². The standard InChI is InChI=1S/C24H33NO6/c1-14(9-11-24(4)10-5-6-15(2)16(24)3)7-8-17-21(28)18(12-20(27)22(17)29)25-19(13-26)23(30)31/h7,12,15,19,25-26,28H,3,5-6,8-11,13H2,1-2,4H3,(H,30,31). The van der Waals surface area contributed by atoms with Crippen LogP contribution in [0.1, 0.15) is 59.3 Å². The van der Waals surface area contributed by atoms with Crippen LogP contribution < -0.4 is 5.32 Å². The molecule has 7 heteroatoms. The van der Waals surface area contributed by atoms with Gasteiger partial charge >= 0.3 is 5.97 Å². The summed E-state index contributed by atoms with van der Waals surface area (Å²) in [4.78, 5) is 35.4. The Bertz CT molecular complexity index is 865. The van der Waals surface area contributed by atoms with E-state index >= 15 is 0 Å². The Morgan fingerprint density at radius 2 is 2.10 bits per heavy atom. The quantitative estimate of drug-likeness (QED) is 0.251. The number of carbonyl (C=O) groups is 3. The molecule has 0 aromatic rings. The summed E-state index contributed by atoms with van der Waals surface area (Å²) >= 11 is 0. The first-order valence-corrected chi connectivity index (χ1v) is 10.7. The number of ketones is 2. The third-order valence-corrected chi connectivity index (χ3v) is 6.59. The van der Waals surface area contributed by atoms with Gasteiger partial charge in [0.25, 0.3) is 0 Å². The van der Waals surface area contributed by atoms with Crippen LogP contribution in [-0.2, 0) is 14.4 Å². The van der Waals surface area contributed by atoms with Crippen molar-refractivity contribution < 1.29 is 29.7 Å². The van der Waals surface area contributed by atoms with Gasteiger partial charge in [0.05, 0.1) is 17.9 Å². The lowest BCUT2D eigenvalue weighted by Crippen LogP contribution is -2.41. The summed E-state index contributed by atoms with van der Waals surface area (Å²) in [5, 5.41) is 31.1. The molecule has 0 radical (unpaired) electrons. The van der Waals surface area contributed by atoms with Gasteiger partial charge in [-0.25, -0.2) is 4.79 Å². The molecular formula is C24H33NO6. The molecule has 0 aromatic carbocycles. The zero-order valence-electron chi connectivity index (χ0n) is 18.5. The molecule has 2 aliphatic rings. The molecule has 4 N–H and O–H groups in total.